The number of carbonyl (C=O) groups is 2. The van der Waals surface area contributed by atoms with Crippen LogP contribution in [-0.2, 0) is 22.7 Å². The standard InChI is InChI=1S/C31H48N4O2.C3H8/c1-3-20-34(24(2)36)22-27-14-16-28(17-15-27)23-35-29(37)31(33-30(35)32,21-26-12-8-5-9-13-26)19-18-25-10-6-4-7-11-25;1-3-2/h14-17,25-26H,3-13,18-23H2,1-2H3,(H2,32,33);3H2,1-2H3. The zero-order valence-electron chi connectivity index (χ0n) is 25.9. The highest BCUT2D eigenvalue weighted by atomic mass is 16.2. The summed E-state index contributed by atoms with van der Waals surface area (Å²) in [6.07, 6.45) is 17.8. The summed E-state index contributed by atoms with van der Waals surface area (Å²) in [4.78, 5) is 34.5. The molecule has 224 valence electrons. The first-order chi connectivity index (χ1) is 19.3. The van der Waals surface area contributed by atoms with Crippen LogP contribution in [0.2, 0.25) is 0 Å². The first-order valence-electron chi connectivity index (χ1n) is 16.3. The Hall–Kier alpha value is -2.37. The molecule has 1 aromatic carbocycles. The molecule has 2 fully saturated rings. The zero-order valence-corrected chi connectivity index (χ0v) is 25.9. The first kappa shape index (κ1) is 32.1. The molecule has 1 atom stereocenters. The van der Waals surface area contributed by atoms with Crippen molar-refractivity contribution in [3.05, 3.63) is 35.4 Å². The fourth-order valence-electron chi connectivity index (χ4n) is 6.79. The normalized spacial score (nSPS) is 22.1. The number of hydrogen-bond acceptors (Lipinski definition) is 4. The highest BCUT2D eigenvalue weighted by Crippen LogP contribution is 2.41. The molecule has 1 aromatic rings. The number of nitrogens with two attached hydrogens (primary N) is 1. The Labute approximate surface area is 244 Å². The molecule has 40 heavy (non-hydrogen) atoms. The van der Waals surface area contributed by atoms with Gasteiger partial charge in [0.2, 0.25) is 5.91 Å². The van der Waals surface area contributed by atoms with Gasteiger partial charge in [0.1, 0.15) is 5.54 Å². The maximum Gasteiger partial charge on any atom is 0.257 e. The Morgan fingerprint density at radius 1 is 0.950 bits per heavy atom. The fraction of sp³-hybridized carbons (Fsp3) is 0.735. The number of amides is 2. The zero-order chi connectivity index (χ0) is 29.0. The molecule has 2 aliphatic carbocycles. The van der Waals surface area contributed by atoms with E-state index in [2.05, 4.69) is 45.0 Å². The van der Waals surface area contributed by atoms with Crippen molar-refractivity contribution in [2.75, 3.05) is 6.54 Å². The lowest BCUT2D eigenvalue weighted by molar-refractivity contribution is -0.133. The van der Waals surface area contributed by atoms with Crippen molar-refractivity contribution in [2.45, 2.75) is 143 Å². The lowest BCUT2D eigenvalue weighted by Crippen LogP contribution is -2.45. The van der Waals surface area contributed by atoms with E-state index in [1.165, 1.54) is 70.6 Å². The number of rotatable bonds is 11. The summed E-state index contributed by atoms with van der Waals surface area (Å²) in [5.74, 6) is 1.90. The number of hydrogen-bond donors (Lipinski definition) is 1. The summed E-state index contributed by atoms with van der Waals surface area (Å²) < 4.78 is 0. The molecular weight excluding hydrogens is 496 g/mol. The number of guanidine groups is 1. The van der Waals surface area contributed by atoms with E-state index >= 15 is 0 Å². The van der Waals surface area contributed by atoms with Gasteiger partial charge >= 0.3 is 0 Å². The van der Waals surface area contributed by atoms with Gasteiger partial charge in [-0.05, 0) is 48.6 Å². The maximum absolute atomic E-state index is 14.0. The van der Waals surface area contributed by atoms with Crippen LogP contribution in [-0.4, -0.2) is 39.7 Å². The van der Waals surface area contributed by atoms with E-state index in [4.69, 9.17) is 10.7 Å². The predicted octanol–water partition coefficient (Wildman–Crippen LogP) is 7.59. The van der Waals surface area contributed by atoms with Gasteiger partial charge in [0, 0.05) is 20.0 Å². The van der Waals surface area contributed by atoms with E-state index < -0.39 is 5.54 Å². The quantitative estimate of drug-likeness (QED) is 0.307. The molecular formula is C34H56N4O2. The Morgan fingerprint density at radius 3 is 2.05 bits per heavy atom. The molecule has 0 radical (unpaired) electrons. The Morgan fingerprint density at radius 2 is 1.50 bits per heavy atom. The third-order valence-electron chi connectivity index (χ3n) is 8.97. The summed E-state index contributed by atoms with van der Waals surface area (Å²) in [7, 11) is 0. The van der Waals surface area contributed by atoms with Crippen molar-refractivity contribution in [1.82, 2.24) is 9.80 Å². The number of aliphatic imine (C=N–C) groups is 1. The Bertz CT molecular complexity index is 947. The summed E-state index contributed by atoms with van der Waals surface area (Å²) in [5, 5.41) is 0. The van der Waals surface area contributed by atoms with Crippen molar-refractivity contribution in [3.63, 3.8) is 0 Å². The van der Waals surface area contributed by atoms with Gasteiger partial charge in [-0.2, -0.15) is 0 Å². The van der Waals surface area contributed by atoms with Crippen molar-refractivity contribution in [3.8, 4) is 0 Å². The van der Waals surface area contributed by atoms with Crippen LogP contribution in [0.4, 0.5) is 0 Å². The maximum atomic E-state index is 14.0. The lowest BCUT2D eigenvalue weighted by atomic mass is 9.75. The first-order valence-corrected chi connectivity index (χ1v) is 16.3. The second-order valence-electron chi connectivity index (χ2n) is 12.6. The van der Waals surface area contributed by atoms with E-state index in [9.17, 15) is 9.59 Å². The number of carbonyl (C=O) groups excluding carboxylic acids is 2. The highest BCUT2D eigenvalue weighted by Gasteiger charge is 2.48. The molecule has 0 aromatic heterocycles. The van der Waals surface area contributed by atoms with Gasteiger partial charge in [-0.25, -0.2) is 4.99 Å². The molecule has 1 unspecified atom stereocenters. The lowest BCUT2D eigenvalue weighted by Gasteiger charge is -2.33. The van der Waals surface area contributed by atoms with E-state index in [-0.39, 0.29) is 11.8 Å². The molecule has 0 spiro atoms. The van der Waals surface area contributed by atoms with Crippen molar-refractivity contribution in [2.24, 2.45) is 22.6 Å². The van der Waals surface area contributed by atoms with Crippen LogP contribution >= 0.6 is 0 Å². The minimum Gasteiger partial charge on any atom is -0.369 e. The van der Waals surface area contributed by atoms with Crippen LogP contribution in [0.15, 0.2) is 29.3 Å². The molecule has 6 nitrogen and oxygen atoms in total. The van der Waals surface area contributed by atoms with Crippen LogP contribution in [0.5, 0.6) is 0 Å². The van der Waals surface area contributed by atoms with Gasteiger partial charge in [0.25, 0.3) is 5.91 Å². The van der Waals surface area contributed by atoms with Crippen molar-refractivity contribution < 1.29 is 9.59 Å². The molecule has 1 heterocycles. The minimum absolute atomic E-state index is 0.0973. The summed E-state index contributed by atoms with van der Waals surface area (Å²) in [6, 6.07) is 8.24. The second-order valence-corrected chi connectivity index (χ2v) is 12.6. The Kier molecular flexibility index (Phi) is 13.0. The summed E-state index contributed by atoms with van der Waals surface area (Å²) in [5.41, 5.74) is 7.95. The molecule has 2 N–H and O–H groups in total. The van der Waals surface area contributed by atoms with E-state index in [1.54, 1.807) is 11.8 Å². The minimum atomic E-state index is -0.675. The molecule has 0 saturated heterocycles. The molecule has 4 rings (SSSR count). The molecule has 3 aliphatic rings. The van der Waals surface area contributed by atoms with Gasteiger partial charge < -0.3 is 10.6 Å². The van der Waals surface area contributed by atoms with Crippen LogP contribution < -0.4 is 5.73 Å². The number of nitrogens with zero attached hydrogens (tertiary/aromatic N) is 3. The van der Waals surface area contributed by atoms with Crippen LogP contribution in [0.25, 0.3) is 0 Å². The fourth-order valence-corrected chi connectivity index (χ4v) is 6.79. The number of benzene rings is 1. The Balaban J connectivity index is 0.00000141. The molecule has 2 amide bonds. The monoisotopic (exact) mass is 552 g/mol. The van der Waals surface area contributed by atoms with Crippen LogP contribution in [0.3, 0.4) is 0 Å². The van der Waals surface area contributed by atoms with E-state index in [0.717, 1.165) is 49.3 Å². The van der Waals surface area contributed by atoms with Gasteiger partial charge in [-0.1, -0.05) is 116 Å². The molecule has 6 heteroatoms. The second kappa shape index (κ2) is 16.2. The van der Waals surface area contributed by atoms with Crippen molar-refractivity contribution in [1.29, 1.82) is 0 Å². The third kappa shape index (κ3) is 9.07. The van der Waals surface area contributed by atoms with Crippen molar-refractivity contribution >= 4 is 17.8 Å². The average Bonchev–Trinajstić information content (AvgIpc) is 3.18. The smallest absolute Gasteiger partial charge is 0.257 e. The van der Waals surface area contributed by atoms with Gasteiger partial charge in [0.15, 0.2) is 5.96 Å². The van der Waals surface area contributed by atoms with Gasteiger partial charge in [0.05, 0.1) is 6.54 Å². The largest absolute Gasteiger partial charge is 0.369 e. The predicted molar refractivity (Wildman–Crippen MR) is 166 cm³/mol. The molecule has 0 bridgehead atoms. The third-order valence-corrected chi connectivity index (χ3v) is 8.97. The summed E-state index contributed by atoms with van der Waals surface area (Å²) >= 11 is 0. The van der Waals surface area contributed by atoms with Gasteiger partial charge in [-0.15, -0.1) is 0 Å². The SMILES string of the molecule is CCC.CCCN(Cc1ccc(CN2C(=O)C(CCC3CCCCC3)(CC3CCCCC3)N=C2N)cc1)C(C)=O. The molecule has 1 aliphatic heterocycles. The average molecular weight is 553 g/mol. The molecule has 2 saturated carbocycles. The highest BCUT2D eigenvalue weighted by molar-refractivity contribution is 6.06. The van der Waals surface area contributed by atoms with E-state index in [1.807, 2.05) is 4.90 Å². The van der Waals surface area contributed by atoms with Crippen LogP contribution in [0.1, 0.15) is 135 Å². The van der Waals surface area contributed by atoms with Crippen LogP contribution in [0, 0.1) is 11.8 Å². The topological polar surface area (TPSA) is 79.0 Å². The van der Waals surface area contributed by atoms with Gasteiger partial charge in [-0.3, -0.25) is 14.5 Å². The summed E-state index contributed by atoms with van der Waals surface area (Å²) in [6.45, 7) is 9.79. The van der Waals surface area contributed by atoms with E-state index in [0.29, 0.717) is 25.0 Å².